The number of phenolic OH excluding ortho intramolecular Hbond substituents is 1. The molecule has 0 spiro atoms. The van der Waals surface area contributed by atoms with Crippen LogP contribution in [0.2, 0.25) is 0 Å². The van der Waals surface area contributed by atoms with Gasteiger partial charge in [0, 0.05) is 25.6 Å². The third-order valence-electron chi connectivity index (χ3n) is 3.25. The van der Waals surface area contributed by atoms with E-state index >= 15 is 0 Å². The quantitative estimate of drug-likeness (QED) is 0.825. The number of benzene rings is 1. The molecule has 1 aromatic carbocycles. The Morgan fingerprint density at radius 1 is 1.26 bits per heavy atom. The minimum absolute atomic E-state index is 0.165. The Hall–Kier alpha value is -0.980. The Kier molecular flexibility index (Phi) is 3.81. The Labute approximate surface area is 120 Å². The molecule has 3 rings (SSSR count). The molecule has 2 N–H and O–H groups in total. The van der Waals surface area contributed by atoms with Gasteiger partial charge in [-0.15, -0.1) is 0 Å². The lowest BCUT2D eigenvalue weighted by Gasteiger charge is -2.27. The van der Waals surface area contributed by atoms with E-state index in [-0.39, 0.29) is 11.9 Å². The van der Waals surface area contributed by atoms with Crippen molar-refractivity contribution < 1.29 is 19.3 Å². The van der Waals surface area contributed by atoms with Crippen LogP contribution in [0.4, 0.5) is 0 Å². The zero-order chi connectivity index (χ0) is 13.2. The van der Waals surface area contributed by atoms with E-state index in [4.69, 9.17) is 14.2 Å². The molecule has 0 radical (unpaired) electrons. The Morgan fingerprint density at radius 2 is 2.11 bits per heavy atom. The standard InChI is InChI=1S/C13H16BrNO4/c14-8-6-9-13(19-4-1-3-17-9)11(12(8)16)10-7-15-2-5-18-10/h6,10,15-16H,1-5,7H2. The smallest absolute Gasteiger partial charge is 0.170 e. The highest BCUT2D eigenvalue weighted by Crippen LogP contribution is 2.47. The van der Waals surface area contributed by atoms with Gasteiger partial charge in [-0.2, -0.15) is 0 Å². The second kappa shape index (κ2) is 5.56. The third-order valence-corrected chi connectivity index (χ3v) is 3.85. The van der Waals surface area contributed by atoms with E-state index in [0.29, 0.717) is 47.9 Å². The Bertz CT molecular complexity index is 474. The third kappa shape index (κ3) is 2.52. The van der Waals surface area contributed by atoms with Gasteiger partial charge in [-0.1, -0.05) is 0 Å². The molecule has 5 nitrogen and oxygen atoms in total. The van der Waals surface area contributed by atoms with Crippen molar-refractivity contribution in [2.24, 2.45) is 0 Å². The fourth-order valence-electron chi connectivity index (χ4n) is 2.34. The molecule has 0 bridgehead atoms. The second-order valence-electron chi connectivity index (χ2n) is 4.56. The van der Waals surface area contributed by atoms with Gasteiger partial charge in [-0.05, 0) is 15.9 Å². The molecule has 1 atom stereocenters. The zero-order valence-electron chi connectivity index (χ0n) is 10.4. The number of hydrogen-bond donors (Lipinski definition) is 2. The molecule has 0 aliphatic carbocycles. The van der Waals surface area contributed by atoms with Gasteiger partial charge in [0.2, 0.25) is 0 Å². The van der Waals surface area contributed by atoms with Crippen molar-refractivity contribution in [1.29, 1.82) is 0 Å². The first-order chi connectivity index (χ1) is 9.27. The average molecular weight is 330 g/mol. The monoisotopic (exact) mass is 329 g/mol. The summed E-state index contributed by atoms with van der Waals surface area (Å²) in [5, 5.41) is 13.6. The van der Waals surface area contributed by atoms with Crippen LogP contribution in [-0.2, 0) is 4.74 Å². The summed E-state index contributed by atoms with van der Waals surface area (Å²) in [6.07, 6.45) is 0.609. The molecule has 2 heterocycles. The van der Waals surface area contributed by atoms with E-state index in [1.165, 1.54) is 0 Å². The molecule has 2 aliphatic heterocycles. The van der Waals surface area contributed by atoms with Crippen molar-refractivity contribution in [2.45, 2.75) is 12.5 Å². The molecule has 6 heteroatoms. The highest BCUT2D eigenvalue weighted by atomic mass is 79.9. The van der Waals surface area contributed by atoms with Crippen LogP contribution >= 0.6 is 15.9 Å². The highest BCUT2D eigenvalue weighted by Gasteiger charge is 2.29. The van der Waals surface area contributed by atoms with E-state index in [2.05, 4.69) is 21.2 Å². The summed E-state index contributed by atoms with van der Waals surface area (Å²) >= 11 is 3.36. The van der Waals surface area contributed by atoms with E-state index < -0.39 is 0 Å². The molecule has 1 fully saturated rings. The molecule has 1 unspecified atom stereocenters. The minimum atomic E-state index is -0.221. The number of halogens is 1. The first-order valence-corrected chi connectivity index (χ1v) is 7.20. The summed E-state index contributed by atoms with van der Waals surface area (Å²) in [7, 11) is 0. The number of nitrogens with one attached hydrogen (secondary N) is 1. The number of phenols is 1. The molecule has 1 saturated heterocycles. The summed E-state index contributed by atoms with van der Waals surface area (Å²) in [6, 6.07) is 1.75. The summed E-state index contributed by atoms with van der Waals surface area (Å²) in [5.41, 5.74) is 0.665. The summed E-state index contributed by atoms with van der Waals surface area (Å²) in [4.78, 5) is 0. The summed E-state index contributed by atoms with van der Waals surface area (Å²) < 4.78 is 17.8. The van der Waals surface area contributed by atoms with Gasteiger partial charge in [-0.25, -0.2) is 0 Å². The zero-order valence-corrected chi connectivity index (χ0v) is 12.0. The van der Waals surface area contributed by atoms with Gasteiger partial charge in [0.15, 0.2) is 11.5 Å². The van der Waals surface area contributed by atoms with Crippen molar-refractivity contribution in [3.05, 3.63) is 16.1 Å². The number of aromatic hydroxyl groups is 1. The van der Waals surface area contributed by atoms with Crippen LogP contribution in [-0.4, -0.2) is 38.0 Å². The molecule has 0 aromatic heterocycles. The van der Waals surface area contributed by atoms with Gasteiger partial charge >= 0.3 is 0 Å². The predicted octanol–water partition coefficient (Wildman–Crippen LogP) is 1.98. The summed E-state index contributed by atoms with van der Waals surface area (Å²) in [6.45, 7) is 3.30. The largest absolute Gasteiger partial charge is 0.506 e. The van der Waals surface area contributed by atoms with Crippen LogP contribution in [0.15, 0.2) is 10.5 Å². The molecule has 19 heavy (non-hydrogen) atoms. The fourth-order valence-corrected chi connectivity index (χ4v) is 2.76. The highest BCUT2D eigenvalue weighted by molar-refractivity contribution is 9.10. The normalized spacial score (nSPS) is 22.9. The van der Waals surface area contributed by atoms with Crippen molar-refractivity contribution in [2.75, 3.05) is 32.9 Å². The van der Waals surface area contributed by atoms with Gasteiger partial charge in [0.1, 0.15) is 11.9 Å². The van der Waals surface area contributed by atoms with E-state index in [1.54, 1.807) is 6.07 Å². The Balaban J connectivity index is 2.07. The van der Waals surface area contributed by atoms with E-state index in [1.807, 2.05) is 0 Å². The SMILES string of the molecule is Oc1c(Br)cc2c(c1C1CNCCO1)OCCCO2. The first kappa shape index (κ1) is 13.0. The lowest BCUT2D eigenvalue weighted by atomic mass is 10.0. The molecular weight excluding hydrogens is 314 g/mol. The summed E-state index contributed by atoms with van der Waals surface area (Å²) in [5.74, 6) is 1.43. The van der Waals surface area contributed by atoms with Crippen LogP contribution in [0, 0.1) is 0 Å². The maximum Gasteiger partial charge on any atom is 0.170 e. The number of morpholine rings is 1. The van der Waals surface area contributed by atoms with Crippen molar-refractivity contribution in [3.8, 4) is 17.2 Å². The minimum Gasteiger partial charge on any atom is -0.506 e. The van der Waals surface area contributed by atoms with Gasteiger partial charge in [0.05, 0.1) is 29.9 Å². The molecule has 2 aliphatic rings. The second-order valence-corrected chi connectivity index (χ2v) is 5.42. The van der Waals surface area contributed by atoms with Crippen LogP contribution < -0.4 is 14.8 Å². The van der Waals surface area contributed by atoms with Gasteiger partial charge in [-0.3, -0.25) is 0 Å². The van der Waals surface area contributed by atoms with E-state index in [0.717, 1.165) is 13.0 Å². The van der Waals surface area contributed by atoms with Crippen LogP contribution in [0.25, 0.3) is 0 Å². The lowest BCUT2D eigenvalue weighted by Crippen LogP contribution is -2.33. The maximum absolute atomic E-state index is 10.3. The molecule has 104 valence electrons. The number of rotatable bonds is 1. The molecule has 0 amide bonds. The predicted molar refractivity (Wildman–Crippen MR) is 73.0 cm³/mol. The van der Waals surface area contributed by atoms with Crippen LogP contribution in [0.3, 0.4) is 0 Å². The van der Waals surface area contributed by atoms with Gasteiger partial charge < -0.3 is 24.6 Å². The van der Waals surface area contributed by atoms with E-state index in [9.17, 15) is 5.11 Å². The molecular formula is C13H16BrNO4. The number of hydrogen-bond acceptors (Lipinski definition) is 5. The van der Waals surface area contributed by atoms with Crippen LogP contribution in [0.1, 0.15) is 18.1 Å². The molecule has 1 aromatic rings. The lowest BCUT2D eigenvalue weighted by molar-refractivity contribution is 0.0243. The van der Waals surface area contributed by atoms with Crippen molar-refractivity contribution >= 4 is 15.9 Å². The topological polar surface area (TPSA) is 60.0 Å². The van der Waals surface area contributed by atoms with Crippen molar-refractivity contribution in [1.82, 2.24) is 5.32 Å². The average Bonchev–Trinajstić information content (AvgIpc) is 2.66. The number of fused-ring (bicyclic) bond motifs is 1. The van der Waals surface area contributed by atoms with Crippen LogP contribution in [0.5, 0.6) is 17.2 Å². The maximum atomic E-state index is 10.3. The van der Waals surface area contributed by atoms with Gasteiger partial charge in [0.25, 0.3) is 0 Å². The molecule has 0 saturated carbocycles. The number of ether oxygens (including phenoxy) is 3. The fraction of sp³-hybridized carbons (Fsp3) is 0.538. The Morgan fingerprint density at radius 3 is 2.89 bits per heavy atom. The first-order valence-electron chi connectivity index (χ1n) is 6.40. The van der Waals surface area contributed by atoms with Crippen molar-refractivity contribution in [3.63, 3.8) is 0 Å².